The van der Waals surface area contributed by atoms with E-state index >= 15 is 0 Å². The van der Waals surface area contributed by atoms with Crippen LogP contribution in [0.15, 0.2) is 0 Å². The second-order valence-electron chi connectivity index (χ2n) is 3.05. The van der Waals surface area contributed by atoms with Gasteiger partial charge in [-0.1, -0.05) is 0 Å². The van der Waals surface area contributed by atoms with Crippen LogP contribution in [0, 0.1) is 5.92 Å². The van der Waals surface area contributed by atoms with Crippen molar-refractivity contribution < 1.29 is 17.9 Å². The lowest BCUT2D eigenvalue weighted by Gasteiger charge is -2.03. The number of ether oxygens (including phenoxy) is 1. The van der Waals surface area contributed by atoms with Crippen molar-refractivity contribution >= 4 is 15.8 Å². The Morgan fingerprint density at radius 3 is 2.67 bits per heavy atom. The Kier molecular flexibility index (Phi) is 2.72. The predicted molar refractivity (Wildman–Crippen MR) is 43.4 cm³/mol. The molecule has 1 aliphatic rings. The van der Waals surface area contributed by atoms with Crippen molar-refractivity contribution in [1.82, 2.24) is 0 Å². The number of hydrogen-bond donors (Lipinski definition) is 0. The Balaban J connectivity index is 2.43. The third-order valence-electron chi connectivity index (χ3n) is 2.01. The van der Waals surface area contributed by atoms with Crippen molar-refractivity contribution in [3.63, 3.8) is 0 Å². The lowest BCUT2D eigenvalue weighted by atomic mass is 10.1. The largest absolute Gasteiger partial charge is 0.469 e. The molecular formula is C7H12O4S. The second-order valence-corrected chi connectivity index (χ2v) is 5.28. The minimum Gasteiger partial charge on any atom is -0.469 e. The topological polar surface area (TPSA) is 60.4 Å². The summed E-state index contributed by atoms with van der Waals surface area (Å²) < 4.78 is 26.4. The molecular weight excluding hydrogens is 180 g/mol. The van der Waals surface area contributed by atoms with Gasteiger partial charge >= 0.3 is 5.97 Å². The average Bonchev–Trinajstić information content (AvgIpc) is 2.30. The standard InChI is InChI=1S/C7H12O4S/c1-11-7(8)4-6-2-3-12(9,10)5-6/h6H,2-5H2,1H3/t6-/m0/s1. The summed E-state index contributed by atoms with van der Waals surface area (Å²) in [5, 5.41) is 0. The maximum atomic E-state index is 11.0. The lowest BCUT2D eigenvalue weighted by Crippen LogP contribution is -2.11. The molecule has 12 heavy (non-hydrogen) atoms. The van der Waals surface area contributed by atoms with Gasteiger partial charge in [0.15, 0.2) is 9.84 Å². The van der Waals surface area contributed by atoms with E-state index in [1.807, 2.05) is 0 Å². The molecule has 0 saturated carbocycles. The molecule has 0 unspecified atom stereocenters. The number of rotatable bonds is 2. The second kappa shape index (κ2) is 3.43. The van der Waals surface area contributed by atoms with Crippen molar-refractivity contribution in [2.75, 3.05) is 18.6 Å². The first-order valence-corrected chi connectivity index (χ1v) is 5.63. The zero-order valence-electron chi connectivity index (χ0n) is 6.95. The van der Waals surface area contributed by atoms with E-state index in [2.05, 4.69) is 4.74 Å². The van der Waals surface area contributed by atoms with Gasteiger partial charge in [0.1, 0.15) is 0 Å². The van der Waals surface area contributed by atoms with E-state index in [9.17, 15) is 13.2 Å². The molecule has 0 aromatic heterocycles. The lowest BCUT2D eigenvalue weighted by molar-refractivity contribution is -0.141. The summed E-state index contributed by atoms with van der Waals surface area (Å²) in [5.74, 6) is 0.0103. The highest BCUT2D eigenvalue weighted by Crippen LogP contribution is 2.21. The first-order valence-electron chi connectivity index (χ1n) is 3.81. The van der Waals surface area contributed by atoms with Gasteiger partial charge in [-0.3, -0.25) is 4.79 Å². The quantitative estimate of drug-likeness (QED) is 0.577. The molecule has 1 fully saturated rings. The molecule has 0 bridgehead atoms. The normalized spacial score (nSPS) is 26.9. The van der Waals surface area contributed by atoms with Crippen LogP contribution in [0.1, 0.15) is 12.8 Å². The zero-order valence-corrected chi connectivity index (χ0v) is 7.76. The van der Waals surface area contributed by atoms with Gasteiger partial charge in [-0.2, -0.15) is 0 Å². The molecule has 0 amide bonds. The summed E-state index contributed by atoms with van der Waals surface area (Å²) in [4.78, 5) is 10.8. The van der Waals surface area contributed by atoms with Gasteiger partial charge < -0.3 is 4.74 Å². The van der Waals surface area contributed by atoms with Gasteiger partial charge in [-0.15, -0.1) is 0 Å². The van der Waals surface area contributed by atoms with Gasteiger partial charge in [0, 0.05) is 6.42 Å². The summed E-state index contributed by atoms with van der Waals surface area (Å²) in [6.07, 6.45) is 0.827. The maximum Gasteiger partial charge on any atom is 0.305 e. The van der Waals surface area contributed by atoms with E-state index in [1.54, 1.807) is 0 Å². The molecule has 1 atom stereocenters. The SMILES string of the molecule is COC(=O)C[C@@H]1CCS(=O)(=O)C1. The average molecular weight is 192 g/mol. The summed E-state index contributed by atoms with van der Waals surface area (Å²) >= 11 is 0. The van der Waals surface area contributed by atoms with Gasteiger partial charge in [-0.25, -0.2) is 8.42 Å². The van der Waals surface area contributed by atoms with Gasteiger partial charge in [0.2, 0.25) is 0 Å². The highest BCUT2D eigenvalue weighted by Gasteiger charge is 2.29. The zero-order chi connectivity index (χ0) is 9.19. The molecule has 1 heterocycles. The van der Waals surface area contributed by atoms with Crippen LogP contribution in [0.25, 0.3) is 0 Å². The molecule has 70 valence electrons. The monoisotopic (exact) mass is 192 g/mol. The smallest absolute Gasteiger partial charge is 0.305 e. The van der Waals surface area contributed by atoms with Crippen LogP contribution < -0.4 is 0 Å². The van der Waals surface area contributed by atoms with E-state index in [0.717, 1.165) is 0 Å². The van der Waals surface area contributed by atoms with Gasteiger partial charge in [-0.05, 0) is 12.3 Å². The molecule has 0 aliphatic carbocycles. The van der Waals surface area contributed by atoms with Crippen molar-refractivity contribution in [2.24, 2.45) is 5.92 Å². The van der Waals surface area contributed by atoms with Crippen LogP contribution in [0.3, 0.4) is 0 Å². The van der Waals surface area contributed by atoms with Gasteiger partial charge in [0.25, 0.3) is 0 Å². The molecule has 0 aromatic rings. The van der Waals surface area contributed by atoms with Gasteiger partial charge in [0.05, 0.1) is 18.6 Å². The molecule has 0 spiro atoms. The van der Waals surface area contributed by atoms with Crippen LogP contribution >= 0.6 is 0 Å². The fourth-order valence-electron chi connectivity index (χ4n) is 1.35. The van der Waals surface area contributed by atoms with Crippen molar-refractivity contribution in [3.05, 3.63) is 0 Å². The molecule has 4 nitrogen and oxygen atoms in total. The molecule has 1 rings (SSSR count). The Bertz CT molecular complexity index is 267. The Labute approximate surface area is 71.8 Å². The minimum atomic E-state index is -2.86. The number of sulfone groups is 1. The van der Waals surface area contributed by atoms with Crippen LogP contribution in [0.2, 0.25) is 0 Å². The third-order valence-corrected chi connectivity index (χ3v) is 3.85. The Hall–Kier alpha value is -0.580. The van der Waals surface area contributed by atoms with E-state index in [1.165, 1.54) is 7.11 Å². The van der Waals surface area contributed by atoms with E-state index in [4.69, 9.17) is 0 Å². The van der Waals surface area contributed by atoms with E-state index in [-0.39, 0.29) is 29.8 Å². The van der Waals surface area contributed by atoms with Crippen molar-refractivity contribution in [3.8, 4) is 0 Å². The number of methoxy groups -OCH3 is 1. The fourth-order valence-corrected chi connectivity index (χ4v) is 3.21. The van der Waals surface area contributed by atoms with Crippen LogP contribution in [-0.2, 0) is 19.4 Å². The molecule has 0 radical (unpaired) electrons. The van der Waals surface area contributed by atoms with E-state index in [0.29, 0.717) is 6.42 Å². The number of carbonyl (C=O) groups is 1. The van der Waals surface area contributed by atoms with Crippen LogP contribution in [0.4, 0.5) is 0 Å². The molecule has 5 heteroatoms. The third kappa shape index (κ3) is 2.48. The fraction of sp³-hybridized carbons (Fsp3) is 0.857. The Morgan fingerprint density at radius 2 is 2.25 bits per heavy atom. The summed E-state index contributed by atoms with van der Waals surface area (Å²) in [7, 11) is -1.55. The summed E-state index contributed by atoms with van der Waals surface area (Å²) in [6, 6.07) is 0. The summed E-state index contributed by atoms with van der Waals surface area (Å²) in [6.45, 7) is 0. The summed E-state index contributed by atoms with van der Waals surface area (Å²) in [5.41, 5.74) is 0. The molecule has 0 aromatic carbocycles. The van der Waals surface area contributed by atoms with Crippen LogP contribution in [0.5, 0.6) is 0 Å². The van der Waals surface area contributed by atoms with Crippen molar-refractivity contribution in [2.45, 2.75) is 12.8 Å². The highest BCUT2D eigenvalue weighted by atomic mass is 32.2. The Morgan fingerprint density at radius 1 is 1.58 bits per heavy atom. The minimum absolute atomic E-state index is 0.0255. The number of hydrogen-bond acceptors (Lipinski definition) is 4. The number of carbonyl (C=O) groups excluding carboxylic acids is 1. The van der Waals surface area contributed by atoms with Crippen LogP contribution in [-0.4, -0.2) is 33.0 Å². The maximum absolute atomic E-state index is 11.0. The molecule has 0 N–H and O–H groups in total. The molecule has 1 saturated heterocycles. The molecule has 1 aliphatic heterocycles. The first kappa shape index (κ1) is 9.51. The van der Waals surface area contributed by atoms with Crippen molar-refractivity contribution in [1.29, 1.82) is 0 Å². The predicted octanol–water partition coefficient (Wildman–Crippen LogP) is -0.0158. The highest BCUT2D eigenvalue weighted by molar-refractivity contribution is 7.91. The first-order chi connectivity index (χ1) is 5.53. The number of esters is 1. The van der Waals surface area contributed by atoms with E-state index < -0.39 is 9.84 Å².